The van der Waals surface area contributed by atoms with E-state index >= 15 is 0 Å². The molecule has 31 heavy (non-hydrogen) atoms. The quantitative estimate of drug-likeness (QED) is 0.287. The van der Waals surface area contributed by atoms with Crippen LogP contribution in [0, 0.1) is 15.5 Å². The molecule has 2 aliphatic rings. The van der Waals surface area contributed by atoms with Gasteiger partial charge in [0.1, 0.15) is 5.78 Å². The first-order valence-corrected chi connectivity index (χ1v) is 10.8. The summed E-state index contributed by atoms with van der Waals surface area (Å²) in [7, 11) is 0. The van der Waals surface area contributed by atoms with E-state index in [9.17, 15) is 19.7 Å². The highest BCUT2D eigenvalue weighted by molar-refractivity contribution is 5.94. The number of dihydropyridines is 1. The Balaban J connectivity index is 2.10. The molecule has 3 rings (SSSR count). The fraction of sp³-hybridized carbons (Fsp3) is 0.500. The summed E-state index contributed by atoms with van der Waals surface area (Å²) in [4.78, 5) is 36.5. The lowest BCUT2D eigenvalue weighted by Crippen LogP contribution is -2.39. The molecule has 1 aliphatic heterocycles. The third-order valence-electron chi connectivity index (χ3n) is 6.00. The summed E-state index contributed by atoms with van der Waals surface area (Å²) in [6.45, 7) is 8.17. The maximum absolute atomic E-state index is 13.2. The van der Waals surface area contributed by atoms with Crippen LogP contribution in [0.25, 0.3) is 0 Å². The second kappa shape index (κ2) is 9.04. The molecule has 166 valence electrons. The Bertz CT molecular complexity index is 974. The number of nitrogens with zero attached hydrogens (tertiary/aromatic N) is 1. The fourth-order valence-electron chi connectivity index (χ4n) is 4.70. The van der Waals surface area contributed by atoms with Gasteiger partial charge in [0.15, 0.2) is 0 Å². The SMILES string of the molecule is CCCCCOC(=O)C1=C(C)NC2=C([C@H]1c1cccc([N+](=O)[O-])c1)C(C)(C)CC(=O)C2. The zero-order valence-electron chi connectivity index (χ0n) is 18.6. The van der Waals surface area contributed by atoms with E-state index in [0.29, 0.717) is 29.9 Å². The standard InChI is InChI=1S/C24H30N2O5/c1-5-6-7-11-31-23(28)20-15(2)25-19-13-18(27)14-24(3,4)22(19)21(20)16-9-8-10-17(12-16)26(29)30/h8-10,12,21,25H,5-7,11,13-14H2,1-4H3/t21-/m0/s1. The minimum Gasteiger partial charge on any atom is -0.462 e. The molecule has 7 heteroatoms. The van der Waals surface area contributed by atoms with Crippen molar-refractivity contribution in [1.29, 1.82) is 0 Å². The average molecular weight is 427 g/mol. The number of nitro benzene ring substituents is 1. The minimum atomic E-state index is -0.502. The van der Waals surface area contributed by atoms with Gasteiger partial charge in [-0.1, -0.05) is 45.7 Å². The van der Waals surface area contributed by atoms with Crippen molar-refractivity contribution < 1.29 is 19.2 Å². The van der Waals surface area contributed by atoms with Crippen molar-refractivity contribution in [1.82, 2.24) is 5.32 Å². The summed E-state index contributed by atoms with van der Waals surface area (Å²) >= 11 is 0. The lowest BCUT2D eigenvalue weighted by Gasteiger charge is -2.43. The normalized spacial score (nSPS) is 20.3. The Hall–Kier alpha value is -2.96. The van der Waals surface area contributed by atoms with E-state index in [2.05, 4.69) is 12.2 Å². The Kier molecular flexibility index (Phi) is 6.62. The number of unbranched alkanes of at least 4 members (excludes halogenated alkanes) is 2. The number of allylic oxidation sites excluding steroid dienone is 3. The van der Waals surface area contributed by atoms with Gasteiger partial charge in [-0.15, -0.1) is 0 Å². The fourth-order valence-corrected chi connectivity index (χ4v) is 4.70. The first-order valence-electron chi connectivity index (χ1n) is 10.8. The summed E-state index contributed by atoms with van der Waals surface area (Å²) in [5.41, 5.74) is 2.93. The number of nitro groups is 1. The highest BCUT2D eigenvalue weighted by Gasteiger charge is 2.45. The van der Waals surface area contributed by atoms with Gasteiger partial charge >= 0.3 is 5.97 Å². The van der Waals surface area contributed by atoms with Crippen LogP contribution < -0.4 is 5.32 Å². The molecule has 1 heterocycles. The first-order chi connectivity index (χ1) is 14.7. The van der Waals surface area contributed by atoms with Crippen LogP contribution in [0.4, 0.5) is 5.69 Å². The third-order valence-corrected chi connectivity index (χ3v) is 6.00. The first kappa shape index (κ1) is 22.7. The van der Waals surface area contributed by atoms with Crippen molar-refractivity contribution in [3.05, 3.63) is 62.5 Å². The lowest BCUT2D eigenvalue weighted by atomic mass is 9.64. The second-order valence-corrected chi connectivity index (χ2v) is 8.96. The smallest absolute Gasteiger partial charge is 0.336 e. The molecule has 0 fully saturated rings. The van der Waals surface area contributed by atoms with Crippen LogP contribution in [0.1, 0.15) is 71.3 Å². The number of Topliss-reactive ketones (excluding diaryl/α,β-unsaturated/α-hetero) is 1. The Morgan fingerprint density at radius 1 is 1.32 bits per heavy atom. The highest BCUT2D eigenvalue weighted by Crippen LogP contribution is 2.51. The number of carbonyl (C=O) groups excluding carboxylic acids is 2. The van der Waals surface area contributed by atoms with Crippen LogP contribution in [-0.4, -0.2) is 23.3 Å². The predicted molar refractivity (Wildman–Crippen MR) is 117 cm³/mol. The molecule has 1 aliphatic carbocycles. The highest BCUT2D eigenvalue weighted by atomic mass is 16.6. The molecule has 0 spiro atoms. The van der Waals surface area contributed by atoms with Crippen LogP contribution in [0.2, 0.25) is 0 Å². The third kappa shape index (κ3) is 4.70. The molecule has 7 nitrogen and oxygen atoms in total. The number of carbonyl (C=O) groups is 2. The number of esters is 1. The van der Waals surface area contributed by atoms with E-state index in [4.69, 9.17) is 4.74 Å². The number of hydrogen-bond acceptors (Lipinski definition) is 6. The number of nitrogens with one attached hydrogen (secondary N) is 1. The molecule has 0 saturated carbocycles. The van der Waals surface area contributed by atoms with Gasteiger partial charge in [0.25, 0.3) is 5.69 Å². The van der Waals surface area contributed by atoms with E-state index in [-0.39, 0.29) is 17.9 Å². The number of non-ortho nitro benzene ring substituents is 1. The summed E-state index contributed by atoms with van der Waals surface area (Å²) in [5, 5.41) is 14.7. The Morgan fingerprint density at radius 3 is 2.74 bits per heavy atom. The van der Waals surface area contributed by atoms with Crippen LogP contribution in [-0.2, 0) is 14.3 Å². The van der Waals surface area contributed by atoms with Gasteiger partial charge in [-0.25, -0.2) is 4.79 Å². The Labute approximate surface area is 182 Å². The summed E-state index contributed by atoms with van der Waals surface area (Å²) in [6.07, 6.45) is 3.41. The zero-order chi connectivity index (χ0) is 22.8. The van der Waals surface area contributed by atoms with Gasteiger partial charge in [-0.05, 0) is 29.9 Å². The van der Waals surface area contributed by atoms with Crippen LogP contribution in [0.15, 0.2) is 46.8 Å². The molecule has 0 radical (unpaired) electrons. The zero-order valence-corrected chi connectivity index (χ0v) is 18.6. The molecule has 0 unspecified atom stereocenters. The molecule has 0 saturated heterocycles. The summed E-state index contributed by atoms with van der Waals surface area (Å²) < 4.78 is 5.59. The summed E-state index contributed by atoms with van der Waals surface area (Å²) in [5.74, 6) is -0.790. The van der Waals surface area contributed by atoms with Crippen molar-refractivity contribution >= 4 is 17.4 Å². The average Bonchev–Trinajstić information content (AvgIpc) is 2.69. The number of benzene rings is 1. The van der Waals surface area contributed by atoms with Crippen molar-refractivity contribution in [3.63, 3.8) is 0 Å². The van der Waals surface area contributed by atoms with Crippen LogP contribution in [0.5, 0.6) is 0 Å². The van der Waals surface area contributed by atoms with Gasteiger partial charge in [0, 0.05) is 42.3 Å². The predicted octanol–water partition coefficient (Wildman–Crippen LogP) is 4.93. The number of ether oxygens (including phenoxy) is 1. The Morgan fingerprint density at radius 2 is 2.06 bits per heavy atom. The number of ketones is 1. The molecule has 1 aromatic carbocycles. The second-order valence-electron chi connectivity index (χ2n) is 8.96. The van der Waals surface area contributed by atoms with Crippen molar-refractivity contribution in [2.24, 2.45) is 5.41 Å². The molecule has 1 N–H and O–H groups in total. The van der Waals surface area contributed by atoms with Gasteiger partial charge < -0.3 is 10.1 Å². The van der Waals surface area contributed by atoms with Gasteiger partial charge in [-0.2, -0.15) is 0 Å². The summed E-state index contributed by atoms with van der Waals surface area (Å²) in [6, 6.07) is 6.40. The van der Waals surface area contributed by atoms with E-state index in [1.807, 2.05) is 13.8 Å². The maximum atomic E-state index is 13.2. The molecule has 0 aromatic heterocycles. The molecule has 0 bridgehead atoms. The molecule has 0 amide bonds. The van der Waals surface area contributed by atoms with Crippen LogP contribution in [0.3, 0.4) is 0 Å². The minimum absolute atomic E-state index is 0.0313. The number of hydrogen-bond donors (Lipinski definition) is 1. The monoisotopic (exact) mass is 426 g/mol. The van der Waals surface area contributed by atoms with Crippen LogP contribution >= 0.6 is 0 Å². The molecular weight excluding hydrogens is 396 g/mol. The van der Waals surface area contributed by atoms with Crippen molar-refractivity contribution in [2.75, 3.05) is 6.61 Å². The van der Waals surface area contributed by atoms with E-state index in [1.165, 1.54) is 12.1 Å². The largest absolute Gasteiger partial charge is 0.462 e. The number of rotatable bonds is 7. The van der Waals surface area contributed by atoms with Crippen molar-refractivity contribution in [2.45, 2.75) is 65.7 Å². The van der Waals surface area contributed by atoms with Gasteiger partial charge in [-0.3, -0.25) is 14.9 Å². The van der Waals surface area contributed by atoms with E-state index in [0.717, 1.165) is 30.5 Å². The maximum Gasteiger partial charge on any atom is 0.336 e. The molecular formula is C24H30N2O5. The van der Waals surface area contributed by atoms with E-state index in [1.54, 1.807) is 19.1 Å². The van der Waals surface area contributed by atoms with Crippen molar-refractivity contribution in [3.8, 4) is 0 Å². The van der Waals surface area contributed by atoms with E-state index < -0.39 is 22.2 Å². The van der Waals surface area contributed by atoms with Gasteiger partial charge in [0.05, 0.1) is 17.1 Å². The molecule has 1 atom stereocenters. The topological polar surface area (TPSA) is 98.5 Å². The van der Waals surface area contributed by atoms with Gasteiger partial charge in [0.2, 0.25) is 0 Å². The lowest BCUT2D eigenvalue weighted by molar-refractivity contribution is -0.384. The molecule has 1 aromatic rings.